The minimum atomic E-state index is 0. The second-order valence-electron chi connectivity index (χ2n) is 2.68. The molecule has 0 rings (SSSR count). The molecule has 0 heterocycles. The Balaban J connectivity index is 0. The highest BCUT2D eigenvalue weighted by Crippen LogP contribution is 2.07. The van der Waals surface area contributed by atoms with E-state index in [1.54, 1.807) is 0 Å². The molecular weight excluding hydrogens is 118 g/mol. The van der Waals surface area contributed by atoms with Crippen LogP contribution in [0.2, 0.25) is 11.6 Å². The quantitative estimate of drug-likeness (QED) is 0.508. The normalized spacial score (nSPS) is 9.25. The Hall–Kier alpha value is 0.355. The zero-order valence-corrected chi connectivity index (χ0v) is 6.96. The van der Waals surface area contributed by atoms with Crippen LogP contribution in [0.25, 0.3) is 0 Å². The Morgan fingerprint density at radius 2 is 1.12 bits per heavy atom. The number of hydrogen-bond donors (Lipinski definition) is 0. The number of rotatable bonds is 2. The lowest BCUT2D eigenvalue weighted by Crippen LogP contribution is -1.98. The van der Waals surface area contributed by atoms with Crippen LogP contribution in [0.15, 0.2) is 0 Å². The summed E-state index contributed by atoms with van der Waals surface area (Å²) in [6.45, 7) is 8.83. The Morgan fingerprint density at radius 3 is 1.12 bits per heavy atom. The van der Waals surface area contributed by atoms with Crippen LogP contribution >= 0.6 is 12.4 Å². The van der Waals surface area contributed by atoms with Crippen LogP contribution in [0.5, 0.6) is 0 Å². The Kier molecular flexibility index (Phi) is 7.68. The van der Waals surface area contributed by atoms with Gasteiger partial charge >= 0.3 is 0 Å². The van der Waals surface area contributed by atoms with Crippen LogP contribution in [0.3, 0.4) is 0 Å². The highest BCUT2D eigenvalue weighted by molar-refractivity contribution is 6.38. The van der Waals surface area contributed by atoms with Gasteiger partial charge in [-0.1, -0.05) is 39.3 Å². The number of hydrogen-bond acceptors (Lipinski definition) is 0. The molecule has 2 heteroatoms. The van der Waals surface area contributed by atoms with Crippen molar-refractivity contribution in [2.75, 3.05) is 0 Å². The van der Waals surface area contributed by atoms with Crippen LogP contribution in [0.4, 0.5) is 0 Å². The van der Waals surface area contributed by atoms with E-state index in [1.807, 2.05) is 0 Å². The third kappa shape index (κ3) is 9.61. The summed E-state index contributed by atoms with van der Waals surface area (Å²) in [5.74, 6) is 1.50. The molecule has 0 aliphatic rings. The minimum absolute atomic E-state index is 0. The summed E-state index contributed by atoms with van der Waals surface area (Å²) < 4.78 is 0. The van der Waals surface area contributed by atoms with Gasteiger partial charge in [-0.15, -0.1) is 12.4 Å². The van der Waals surface area contributed by atoms with Gasteiger partial charge in [-0.2, -0.15) is 0 Å². The summed E-state index contributed by atoms with van der Waals surface area (Å²) in [5, 5.41) is 0. The van der Waals surface area contributed by atoms with Crippen LogP contribution < -0.4 is 0 Å². The maximum Gasteiger partial charge on any atom is 0.116 e. The van der Waals surface area contributed by atoms with Gasteiger partial charge in [0.1, 0.15) is 7.28 Å². The standard InChI is InChI=1S/C6H14B.ClH/c1-5(2)7-6(3)4;/h5-6H,1-4H3;1H. The van der Waals surface area contributed by atoms with E-state index in [1.165, 1.54) is 0 Å². The lowest BCUT2D eigenvalue weighted by Gasteiger charge is -2.03. The van der Waals surface area contributed by atoms with E-state index < -0.39 is 0 Å². The van der Waals surface area contributed by atoms with Gasteiger partial charge in [0, 0.05) is 0 Å². The van der Waals surface area contributed by atoms with Gasteiger partial charge in [0.25, 0.3) is 0 Å². The molecule has 0 aliphatic heterocycles. The van der Waals surface area contributed by atoms with Crippen LogP contribution in [0.1, 0.15) is 27.7 Å². The van der Waals surface area contributed by atoms with Gasteiger partial charge < -0.3 is 0 Å². The summed E-state index contributed by atoms with van der Waals surface area (Å²) in [6, 6.07) is 0. The third-order valence-corrected chi connectivity index (χ3v) is 0.770. The first kappa shape index (κ1) is 11.2. The van der Waals surface area contributed by atoms with Crippen molar-refractivity contribution in [3.63, 3.8) is 0 Å². The Bertz CT molecular complexity index is 37.8. The lowest BCUT2D eigenvalue weighted by atomic mass is 9.58. The van der Waals surface area contributed by atoms with Gasteiger partial charge in [-0.3, -0.25) is 0 Å². The molecule has 49 valence electrons. The lowest BCUT2D eigenvalue weighted by molar-refractivity contribution is 0.971. The fourth-order valence-corrected chi connectivity index (χ4v) is 0.770. The van der Waals surface area contributed by atoms with Crippen molar-refractivity contribution in [3.05, 3.63) is 0 Å². The second-order valence-corrected chi connectivity index (χ2v) is 2.68. The van der Waals surface area contributed by atoms with Crippen molar-refractivity contribution < 1.29 is 0 Å². The number of halogens is 1. The van der Waals surface area contributed by atoms with Crippen molar-refractivity contribution in [3.8, 4) is 0 Å². The summed E-state index contributed by atoms with van der Waals surface area (Å²) in [7, 11) is 2.33. The topological polar surface area (TPSA) is 0 Å². The summed E-state index contributed by atoms with van der Waals surface area (Å²) in [5.41, 5.74) is 0. The first-order chi connectivity index (χ1) is 3.13. The molecule has 0 aromatic heterocycles. The van der Waals surface area contributed by atoms with E-state index in [2.05, 4.69) is 35.0 Å². The van der Waals surface area contributed by atoms with E-state index in [-0.39, 0.29) is 12.4 Å². The zero-order valence-electron chi connectivity index (χ0n) is 6.14. The predicted molar refractivity (Wildman–Crippen MR) is 43.2 cm³/mol. The highest BCUT2D eigenvalue weighted by Gasteiger charge is 1.98. The van der Waals surface area contributed by atoms with Gasteiger partial charge in [0.05, 0.1) is 0 Å². The minimum Gasteiger partial charge on any atom is -0.147 e. The molecule has 0 fully saturated rings. The van der Waals surface area contributed by atoms with Crippen LogP contribution in [-0.4, -0.2) is 7.28 Å². The molecule has 0 atom stereocenters. The first-order valence-corrected chi connectivity index (χ1v) is 2.98. The Morgan fingerprint density at radius 1 is 0.875 bits per heavy atom. The third-order valence-electron chi connectivity index (χ3n) is 0.770. The van der Waals surface area contributed by atoms with Crippen molar-refractivity contribution in [1.82, 2.24) is 0 Å². The molecule has 0 bridgehead atoms. The second kappa shape index (κ2) is 5.49. The predicted octanol–water partition coefficient (Wildman–Crippen LogP) is 2.77. The van der Waals surface area contributed by atoms with E-state index in [0.29, 0.717) is 0 Å². The molecular formula is C6H15BCl. The SMILES string of the molecule is CC(C)[B]C(C)C.Cl. The smallest absolute Gasteiger partial charge is 0.116 e. The first-order valence-electron chi connectivity index (χ1n) is 2.98. The molecule has 1 radical (unpaired) electrons. The summed E-state index contributed by atoms with van der Waals surface area (Å²) in [6.07, 6.45) is 0. The van der Waals surface area contributed by atoms with Gasteiger partial charge in [0.2, 0.25) is 0 Å². The zero-order chi connectivity index (χ0) is 5.86. The monoisotopic (exact) mass is 133 g/mol. The summed E-state index contributed by atoms with van der Waals surface area (Å²) >= 11 is 0. The average molecular weight is 133 g/mol. The molecule has 8 heavy (non-hydrogen) atoms. The highest BCUT2D eigenvalue weighted by atomic mass is 35.5. The van der Waals surface area contributed by atoms with E-state index in [0.717, 1.165) is 11.6 Å². The molecule has 0 amide bonds. The fourth-order valence-electron chi connectivity index (χ4n) is 0.770. The average Bonchev–Trinajstić information content (AvgIpc) is 1.27. The molecule has 0 saturated carbocycles. The maximum absolute atomic E-state index is 2.33. The van der Waals surface area contributed by atoms with Gasteiger partial charge in [-0.05, 0) is 0 Å². The van der Waals surface area contributed by atoms with E-state index in [9.17, 15) is 0 Å². The summed E-state index contributed by atoms with van der Waals surface area (Å²) in [4.78, 5) is 0. The van der Waals surface area contributed by atoms with Gasteiger partial charge in [-0.25, -0.2) is 0 Å². The van der Waals surface area contributed by atoms with Crippen LogP contribution in [0, 0.1) is 0 Å². The molecule has 0 N–H and O–H groups in total. The molecule has 0 aromatic rings. The molecule has 0 aliphatic carbocycles. The van der Waals surface area contributed by atoms with E-state index >= 15 is 0 Å². The van der Waals surface area contributed by atoms with Crippen molar-refractivity contribution in [1.29, 1.82) is 0 Å². The molecule has 0 aromatic carbocycles. The largest absolute Gasteiger partial charge is 0.147 e. The van der Waals surface area contributed by atoms with Crippen molar-refractivity contribution >= 4 is 19.7 Å². The van der Waals surface area contributed by atoms with Gasteiger partial charge in [0.15, 0.2) is 0 Å². The van der Waals surface area contributed by atoms with E-state index in [4.69, 9.17) is 0 Å². The van der Waals surface area contributed by atoms with Crippen molar-refractivity contribution in [2.24, 2.45) is 0 Å². The molecule has 0 nitrogen and oxygen atoms in total. The van der Waals surface area contributed by atoms with Crippen molar-refractivity contribution in [2.45, 2.75) is 39.3 Å². The van der Waals surface area contributed by atoms with Crippen LogP contribution in [-0.2, 0) is 0 Å². The molecule has 0 spiro atoms. The fraction of sp³-hybridized carbons (Fsp3) is 1.00. The molecule has 0 saturated heterocycles. The Labute approximate surface area is 59.7 Å². The molecule has 0 unspecified atom stereocenters. The maximum atomic E-state index is 2.33.